The van der Waals surface area contributed by atoms with Gasteiger partial charge in [0.05, 0.1) is 101 Å². The fraction of sp³-hybridized carbons (Fsp3) is 0.464. The summed E-state index contributed by atoms with van der Waals surface area (Å²) in [6, 6.07) is 25.2. The highest BCUT2D eigenvalue weighted by Gasteiger charge is 2.44. The lowest BCUT2D eigenvalue weighted by Gasteiger charge is -2.35. The highest BCUT2D eigenvalue weighted by atomic mass is 32.1. The van der Waals surface area contributed by atoms with Crippen LogP contribution < -0.4 is 21.3 Å². The number of amides is 5. The van der Waals surface area contributed by atoms with Crippen molar-refractivity contribution in [2.24, 2.45) is 5.41 Å². The third-order valence-electron chi connectivity index (χ3n) is 12.5. The molecule has 17 nitrogen and oxygen atoms in total. The number of aryl methyl sites for hydroxylation is 2. The topological polar surface area (TPSA) is 216 Å². The fourth-order valence-corrected chi connectivity index (χ4v) is 9.28. The Labute approximate surface area is 438 Å². The summed E-state index contributed by atoms with van der Waals surface area (Å²) >= 11 is 1.57. The molecule has 1 aromatic heterocycles. The van der Waals surface area contributed by atoms with Crippen molar-refractivity contribution in [3.05, 3.63) is 118 Å². The van der Waals surface area contributed by atoms with Crippen LogP contribution in [0.1, 0.15) is 85.7 Å². The molecule has 0 spiro atoms. The van der Waals surface area contributed by atoms with Crippen molar-refractivity contribution in [3.8, 4) is 10.4 Å². The maximum absolute atomic E-state index is 13.9. The maximum atomic E-state index is 13.9. The van der Waals surface area contributed by atoms with Crippen LogP contribution in [0.15, 0.2) is 90.4 Å². The number of thiazole rings is 1. The number of β-amino-alcohol motifs (C(OH)–C–C–N with tert-alkyl or cyclic N) is 1. The maximum Gasteiger partial charge on any atom is 0.252 e. The molecule has 74 heavy (non-hydrogen) atoms. The molecule has 0 radical (unpaired) electrons. The van der Waals surface area contributed by atoms with Crippen molar-refractivity contribution in [1.82, 2.24) is 25.8 Å². The SMILES string of the molecule is Cc1ccc(NC(=O)CCOCCOCCOCCOCCOCCC(=O)N[C@H](C(=O)N2C[C@H](O)C[C@H]2C(=O)NCc2ccc(-c3scnc3C)cc2)C(C)(C)C)cc1C(=O)N[C@H](C)c1cccc2ccccc12. The summed E-state index contributed by atoms with van der Waals surface area (Å²) < 4.78 is 27.8. The van der Waals surface area contributed by atoms with E-state index in [0.29, 0.717) is 57.5 Å². The van der Waals surface area contributed by atoms with Crippen LogP contribution in [0, 0.1) is 19.3 Å². The van der Waals surface area contributed by atoms with Gasteiger partial charge in [0.2, 0.25) is 23.6 Å². The van der Waals surface area contributed by atoms with Gasteiger partial charge in [-0.15, -0.1) is 11.3 Å². The van der Waals surface area contributed by atoms with Gasteiger partial charge in [-0.05, 0) is 71.3 Å². The van der Waals surface area contributed by atoms with Crippen LogP contribution in [-0.2, 0) is 49.4 Å². The van der Waals surface area contributed by atoms with Crippen molar-refractivity contribution in [3.63, 3.8) is 0 Å². The third kappa shape index (κ3) is 17.2. The van der Waals surface area contributed by atoms with Crippen LogP contribution in [0.2, 0.25) is 0 Å². The van der Waals surface area contributed by atoms with E-state index in [1.165, 1.54) is 4.90 Å². The molecule has 18 heteroatoms. The molecule has 4 atom stereocenters. The minimum absolute atomic E-state index is 0.0115. The number of likely N-dealkylation sites (tertiary alicyclic amines) is 1. The van der Waals surface area contributed by atoms with Crippen LogP contribution in [-0.4, -0.2) is 135 Å². The highest BCUT2D eigenvalue weighted by molar-refractivity contribution is 7.13. The number of anilines is 1. The summed E-state index contributed by atoms with van der Waals surface area (Å²) in [7, 11) is 0. The van der Waals surface area contributed by atoms with E-state index in [0.717, 1.165) is 43.6 Å². The van der Waals surface area contributed by atoms with Gasteiger partial charge >= 0.3 is 0 Å². The van der Waals surface area contributed by atoms with Crippen LogP contribution in [0.25, 0.3) is 21.2 Å². The van der Waals surface area contributed by atoms with E-state index in [4.69, 9.17) is 23.7 Å². The van der Waals surface area contributed by atoms with E-state index < -0.39 is 29.5 Å². The lowest BCUT2D eigenvalue weighted by atomic mass is 9.85. The van der Waals surface area contributed by atoms with Gasteiger partial charge in [0.25, 0.3) is 5.91 Å². The number of hydrogen-bond acceptors (Lipinski definition) is 13. The first kappa shape index (κ1) is 57.2. The second-order valence-electron chi connectivity index (χ2n) is 19.3. The molecule has 0 unspecified atom stereocenters. The monoisotopic (exact) mass is 1040 g/mol. The number of aliphatic hydroxyl groups is 1. The minimum Gasteiger partial charge on any atom is -0.391 e. The number of benzene rings is 4. The van der Waals surface area contributed by atoms with E-state index in [2.05, 4.69) is 26.3 Å². The van der Waals surface area contributed by atoms with Gasteiger partial charge in [0, 0.05) is 37.2 Å². The molecule has 1 fully saturated rings. The molecule has 5 amide bonds. The first-order chi connectivity index (χ1) is 35.6. The molecule has 1 saturated heterocycles. The first-order valence-corrected chi connectivity index (χ1v) is 26.1. The number of carbonyl (C=O) groups is 5. The summed E-state index contributed by atoms with van der Waals surface area (Å²) in [6.45, 7) is 14.5. The molecular formula is C56H72N6O11S. The Kier molecular flexibility index (Phi) is 22.0. The quantitative estimate of drug-likeness (QED) is 0.0332. The number of hydrogen-bond donors (Lipinski definition) is 5. The second kappa shape index (κ2) is 28.5. The number of carbonyl (C=O) groups excluding carboxylic acids is 5. The Morgan fingerprint density at radius 1 is 0.757 bits per heavy atom. The number of nitrogens with one attached hydrogen (secondary N) is 4. The molecule has 4 aromatic carbocycles. The van der Waals surface area contributed by atoms with Crippen molar-refractivity contribution in [1.29, 1.82) is 0 Å². The summed E-state index contributed by atoms with van der Waals surface area (Å²) in [6.07, 6.45) is -0.613. The minimum atomic E-state index is -0.937. The summed E-state index contributed by atoms with van der Waals surface area (Å²) in [5, 5.41) is 24.5. The summed E-state index contributed by atoms with van der Waals surface area (Å²) in [5.41, 5.74) is 6.88. The Balaban J connectivity index is 0.762. The Morgan fingerprint density at radius 3 is 1.99 bits per heavy atom. The van der Waals surface area contributed by atoms with Crippen LogP contribution in [0.3, 0.4) is 0 Å². The van der Waals surface area contributed by atoms with Crippen molar-refractivity contribution >= 4 is 57.3 Å². The van der Waals surface area contributed by atoms with Crippen molar-refractivity contribution in [2.45, 2.75) is 91.6 Å². The standard InChI is InChI=1S/C56H72N6O11S/c1-37-14-19-43(32-47(37)53(66)59-38(2)45-13-9-11-41-10-7-8-12-46(41)45)60-49(64)20-22-69-24-26-71-28-30-73-31-29-72-27-25-70-23-21-50(65)61-52(56(4,5)6)55(68)62-35-44(63)33-48(62)54(67)57-34-40-15-17-42(18-16-40)51-39(3)58-36-74-51/h7-19,32,36,38,44,48,52,63H,20-31,33-35H2,1-6H3,(H,57,67)(H,59,66)(H,60,64)(H,61,65)/t38-,44-,48+,52-/m1/s1. The van der Waals surface area contributed by atoms with E-state index in [-0.39, 0.29) is 81.8 Å². The average Bonchev–Trinajstić information content (AvgIpc) is 4.00. The van der Waals surface area contributed by atoms with Gasteiger partial charge in [-0.1, -0.05) is 93.6 Å². The normalized spacial score (nSPS) is 15.4. The second-order valence-corrected chi connectivity index (χ2v) is 20.2. The van der Waals surface area contributed by atoms with Gasteiger partial charge < -0.3 is 55.0 Å². The van der Waals surface area contributed by atoms with Crippen LogP contribution >= 0.6 is 11.3 Å². The lowest BCUT2D eigenvalue weighted by Crippen LogP contribution is -2.57. The molecule has 0 saturated carbocycles. The van der Waals surface area contributed by atoms with Crippen molar-refractivity contribution < 1.29 is 52.8 Å². The lowest BCUT2D eigenvalue weighted by molar-refractivity contribution is -0.144. The van der Waals surface area contributed by atoms with Crippen LogP contribution in [0.5, 0.6) is 0 Å². The Hall–Kier alpha value is -6.12. The molecule has 398 valence electrons. The molecular weight excluding hydrogens is 965 g/mol. The Morgan fingerprint density at radius 2 is 1.36 bits per heavy atom. The fourth-order valence-electron chi connectivity index (χ4n) is 8.47. The van der Waals surface area contributed by atoms with Gasteiger partial charge in [0.1, 0.15) is 12.1 Å². The van der Waals surface area contributed by atoms with Crippen LogP contribution in [0.4, 0.5) is 5.69 Å². The van der Waals surface area contributed by atoms with E-state index >= 15 is 0 Å². The zero-order valence-corrected chi connectivity index (χ0v) is 44.2. The largest absolute Gasteiger partial charge is 0.391 e. The molecule has 5 aromatic rings. The number of aliphatic hydroxyl groups excluding tert-OH is 1. The number of aromatic nitrogens is 1. The molecule has 0 bridgehead atoms. The van der Waals surface area contributed by atoms with E-state index in [9.17, 15) is 29.1 Å². The summed E-state index contributed by atoms with van der Waals surface area (Å²) in [4.78, 5) is 73.1. The number of nitrogens with zero attached hydrogens (tertiary/aromatic N) is 2. The smallest absolute Gasteiger partial charge is 0.252 e. The molecule has 2 heterocycles. The molecule has 0 aliphatic carbocycles. The molecule has 5 N–H and O–H groups in total. The van der Waals surface area contributed by atoms with Gasteiger partial charge in [0.15, 0.2) is 0 Å². The van der Waals surface area contributed by atoms with E-state index in [1.54, 1.807) is 23.5 Å². The highest BCUT2D eigenvalue weighted by Crippen LogP contribution is 2.29. The molecule has 1 aliphatic rings. The van der Waals surface area contributed by atoms with E-state index in [1.807, 2.05) is 120 Å². The van der Waals surface area contributed by atoms with Gasteiger partial charge in [-0.25, -0.2) is 4.98 Å². The predicted octanol–water partition coefficient (Wildman–Crippen LogP) is 6.68. The zero-order valence-electron chi connectivity index (χ0n) is 43.4. The third-order valence-corrected chi connectivity index (χ3v) is 13.5. The van der Waals surface area contributed by atoms with Gasteiger partial charge in [-0.3, -0.25) is 24.0 Å². The number of rotatable bonds is 28. The summed E-state index contributed by atoms with van der Waals surface area (Å²) in [5.74, 6) is -1.62. The van der Waals surface area contributed by atoms with Crippen molar-refractivity contribution in [2.75, 3.05) is 77.9 Å². The molecule has 6 rings (SSSR count). The Bertz CT molecular complexity index is 2630. The zero-order chi connectivity index (χ0) is 53.0. The molecule has 1 aliphatic heterocycles. The van der Waals surface area contributed by atoms with Gasteiger partial charge in [-0.2, -0.15) is 0 Å². The number of fused-ring (bicyclic) bond motifs is 1. The first-order valence-electron chi connectivity index (χ1n) is 25.2. The predicted molar refractivity (Wildman–Crippen MR) is 285 cm³/mol. The number of ether oxygens (including phenoxy) is 5. The average molecular weight is 1040 g/mol.